The van der Waals surface area contributed by atoms with Gasteiger partial charge in [-0.2, -0.15) is 0 Å². The monoisotopic (exact) mass is 357 g/mol. The highest BCUT2D eigenvalue weighted by Gasteiger charge is 2.30. The Morgan fingerprint density at radius 1 is 1.20 bits per heavy atom. The number of amides is 1. The van der Waals surface area contributed by atoms with Crippen molar-refractivity contribution in [3.63, 3.8) is 0 Å². The molecule has 0 aliphatic carbocycles. The fourth-order valence-corrected chi connectivity index (χ4v) is 3.38. The van der Waals surface area contributed by atoms with E-state index in [1.807, 2.05) is 41.7 Å². The first kappa shape index (κ1) is 17.3. The minimum absolute atomic E-state index is 0.268. The van der Waals surface area contributed by atoms with Crippen LogP contribution in [0.2, 0.25) is 0 Å². The Balaban J connectivity index is 1.96. The van der Waals surface area contributed by atoms with Crippen molar-refractivity contribution in [2.45, 2.75) is 4.90 Å². The van der Waals surface area contributed by atoms with Crippen LogP contribution in [0.25, 0.3) is 5.76 Å². The molecule has 0 bridgehead atoms. The molecule has 1 aromatic heterocycles. The molecule has 6 nitrogen and oxygen atoms in total. The number of aromatic nitrogens is 1. The summed E-state index contributed by atoms with van der Waals surface area (Å²) in [5.41, 5.74) is 1.35. The van der Waals surface area contributed by atoms with Crippen molar-refractivity contribution >= 4 is 29.4 Å². The van der Waals surface area contributed by atoms with Gasteiger partial charge >= 0.3 is 0 Å². The van der Waals surface area contributed by atoms with E-state index in [0.29, 0.717) is 30.5 Å². The average molecular weight is 357 g/mol. The van der Waals surface area contributed by atoms with Crippen LogP contribution in [0.1, 0.15) is 5.56 Å². The number of carbonyl (C=O) groups excluding carboxylic acids is 1. The highest BCUT2D eigenvalue weighted by atomic mass is 32.2. The van der Waals surface area contributed by atoms with Crippen LogP contribution in [0.5, 0.6) is 0 Å². The van der Waals surface area contributed by atoms with Gasteiger partial charge in [-0.25, -0.2) is 4.98 Å². The molecule has 0 unspecified atom stereocenters. The van der Waals surface area contributed by atoms with E-state index in [1.165, 1.54) is 11.9 Å². The number of fused-ring (bicyclic) bond motifs is 1. The van der Waals surface area contributed by atoms with Gasteiger partial charge in [0.1, 0.15) is 12.4 Å². The molecular weight excluding hydrogens is 338 g/mol. The zero-order valence-corrected chi connectivity index (χ0v) is 14.9. The summed E-state index contributed by atoms with van der Waals surface area (Å²) in [5, 5.41) is 2.82. The SMILES string of the molecule is COCCOC1=C(C(=O)Nc2ccccn2)N(C)Sc2ccccc21. The Morgan fingerprint density at radius 2 is 2.00 bits per heavy atom. The first-order valence-corrected chi connectivity index (χ1v) is 8.57. The van der Waals surface area contributed by atoms with E-state index in [-0.39, 0.29) is 5.91 Å². The van der Waals surface area contributed by atoms with E-state index in [9.17, 15) is 4.79 Å². The number of nitrogens with one attached hydrogen (secondary N) is 1. The number of methoxy groups -OCH3 is 1. The third-order valence-corrected chi connectivity index (χ3v) is 4.56. The molecule has 1 aliphatic heterocycles. The molecule has 2 aromatic rings. The lowest BCUT2D eigenvalue weighted by Gasteiger charge is -2.29. The number of ether oxygens (including phenoxy) is 2. The summed E-state index contributed by atoms with van der Waals surface area (Å²) in [7, 11) is 3.46. The van der Waals surface area contributed by atoms with E-state index >= 15 is 0 Å². The Bertz CT molecular complexity index is 780. The number of pyridine rings is 1. The van der Waals surface area contributed by atoms with Crippen molar-refractivity contribution in [2.75, 3.05) is 32.7 Å². The predicted molar refractivity (Wildman–Crippen MR) is 97.7 cm³/mol. The van der Waals surface area contributed by atoms with Gasteiger partial charge in [-0.15, -0.1) is 0 Å². The summed E-state index contributed by atoms with van der Waals surface area (Å²) in [6, 6.07) is 13.2. The minimum atomic E-state index is -0.268. The molecule has 1 aromatic carbocycles. The second-order valence-electron chi connectivity index (χ2n) is 5.27. The van der Waals surface area contributed by atoms with Crippen molar-refractivity contribution in [1.29, 1.82) is 0 Å². The molecule has 7 heteroatoms. The number of nitrogens with zero attached hydrogens (tertiary/aromatic N) is 2. The standard InChI is InChI=1S/C18H19N3O3S/c1-21-16(18(22)20-15-9-5-6-10-19-15)17(24-12-11-23-2)13-7-3-4-8-14(13)25-21/h3-10H,11-12H2,1-2H3,(H,19,20,22). The molecule has 0 atom stereocenters. The first-order valence-electron chi connectivity index (χ1n) is 7.80. The molecule has 1 amide bonds. The normalized spacial score (nSPS) is 13.4. The van der Waals surface area contributed by atoms with Gasteiger partial charge in [0, 0.05) is 30.8 Å². The highest BCUT2D eigenvalue weighted by molar-refractivity contribution is 7.97. The number of carbonyl (C=O) groups is 1. The highest BCUT2D eigenvalue weighted by Crippen LogP contribution is 2.40. The second-order valence-corrected chi connectivity index (χ2v) is 6.44. The van der Waals surface area contributed by atoms with Gasteiger partial charge in [-0.3, -0.25) is 4.79 Å². The van der Waals surface area contributed by atoms with Crippen LogP contribution in [-0.2, 0) is 14.3 Å². The number of benzene rings is 1. The number of hydrogen-bond donors (Lipinski definition) is 1. The number of rotatable bonds is 6. The smallest absolute Gasteiger partial charge is 0.277 e. The minimum Gasteiger partial charge on any atom is -0.488 e. The van der Waals surface area contributed by atoms with E-state index in [2.05, 4.69) is 10.3 Å². The van der Waals surface area contributed by atoms with Crippen LogP contribution in [0.3, 0.4) is 0 Å². The van der Waals surface area contributed by atoms with Gasteiger partial charge in [-0.05, 0) is 36.2 Å². The van der Waals surface area contributed by atoms with Crippen molar-refractivity contribution in [2.24, 2.45) is 0 Å². The Morgan fingerprint density at radius 3 is 2.76 bits per heavy atom. The third kappa shape index (κ3) is 3.94. The molecule has 0 spiro atoms. The summed E-state index contributed by atoms with van der Waals surface area (Å²) < 4.78 is 12.8. The van der Waals surface area contributed by atoms with E-state index in [1.54, 1.807) is 25.4 Å². The lowest BCUT2D eigenvalue weighted by molar-refractivity contribution is -0.113. The van der Waals surface area contributed by atoms with Crippen LogP contribution < -0.4 is 5.32 Å². The molecule has 0 radical (unpaired) electrons. The van der Waals surface area contributed by atoms with Gasteiger partial charge in [0.05, 0.1) is 6.61 Å². The van der Waals surface area contributed by atoms with Gasteiger partial charge in [0.2, 0.25) is 0 Å². The largest absolute Gasteiger partial charge is 0.488 e. The number of likely N-dealkylation sites (N-methyl/N-ethyl adjacent to an activating group) is 1. The maximum Gasteiger partial charge on any atom is 0.277 e. The van der Waals surface area contributed by atoms with Crippen LogP contribution in [0, 0.1) is 0 Å². The fraction of sp³-hybridized carbons (Fsp3) is 0.222. The maximum atomic E-state index is 12.9. The summed E-state index contributed by atoms with van der Waals surface area (Å²) in [5.74, 6) is 0.770. The van der Waals surface area contributed by atoms with E-state index in [0.717, 1.165) is 10.5 Å². The van der Waals surface area contributed by atoms with Crippen LogP contribution in [-0.4, -0.2) is 42.6 Å². The molecular formula is C18H19N3O3S. The summed E-state index contributed by atoms with van der Waals surface area (Å²) in [4.78, 5) is 18.0. The molecule has 0 saturated heterocycles. The molecule has 3 rings (SSSR count). The lowest BCUT2D eigenvalue weighted by atomic mass is 10.1. The maximum absolute atomic E-state index is 12.9. The quantitative estimate of drug-likeness (QED) is 0.633. The van der Waals surface area contributed by atoms with Crippen LogP contribution in [0.4, 0.5) is 5.82 Å². The Hall–Kier alpha value is -2.51. The van der Waals surface area contributed by atoms with Gasteiger partial charge in [-0.1, -0.05) is 18.2 Å². The van der Waals surface area contributed by atoms with Crippen LogP contribution in [0.15, 0.2) is 59.3 Å². The zero-order valence-electron chi connectivity index (χ0n) is 14.1. The predicted octanol–water partition coefficient (Wildman–Crippen LogP) is 3.00. The average Bonchev–Trinajstić information content (AvgIpc) is 2.62. The first-order chi connectivity index (χ1) is 12.2. The number of anilines is 1. The molecule has 1 N–H and O–H groups in total. The summed E-state index contributed by atoms with van der Waals surface area (Å²) in [6.07, 6.45) is 1.63. The Labute approximate surface area is 151 Å². The molecule has 2 heterocycles. The summed E-state index contributed by atoms with van der Waals surface area (Å²) in [6.45, 7) is 0.802. The van der Waals surface area contributed by atoms with Gasteiger partial charge in [0.25, 0.3) is 5.91 Å². The van der Waals surface area contributed by atoms with Crippen LogP contribution >= 0.6 is 11.9 Å². The van der Waals surface area contributed by atoms with Crippen molar-refractivity contribution < 1.29 is 14.3 Å². The van der Waals surface area contributed by atoms with Crippen molar-refractivity contribution in [3.8, 4) is 0 Å². The molecule has 130 valence electrons. The van der Waals surface area contributed by atoms with Gasteiger partial charge < -0.3 is 19.1 Å². The molecule has 0 saturated carbocycles. The van der Waals surface area contributed by atoms with E-state index in [4.69, 9.17) is 9.47 Å². The number of hydrogen-bond acceptors (Lipinski definition) is 6. The fourth-order valence-electron chi connectivity index (χ4n) is 2.43. The second kappa shape index (κ2) is 8.04. The zero-order chi connectivity index (χ0) is 17.6. The molecule has 25 heavy (non-hydrogen) atoms. The molecule has 0 fully saturated rings. The van der Waals surface area contributed by atoms with Crippen molar-refractivity contribution in [1.82, 2.24) is 9.29 Å². The topological polar surface area (TPSA) is 63.7 Å². The lowest BCUT2D eigenvalue weighted by Crippen LogP contribution is -2.28. The van der Waals surface area contributed by atoms with Crippen molar-refractivity contribution in [3.05, 3.63) is 59.9 Å². The molecule has 1 aliphatic rings. The van der Waals surface area contributed by atoms with Gasteiger partial charge in [0.15, 0.2) is 11.5 Å². The summed E-state index contributed by atoms with van der Waals surface area (Å²) >= 11 is 1.48. The third-order valence-electron chi connectivity index (χ3n) is 3.55. The van der Waals surface area contributed by atoms with E-state index < -0.39 is 0 Å². The Kier molecular flexibility index (Phi) is 5.57.